The standard InChI is InChI=1S/C13H21NO3/c1-2-13(9-16,10-17)14-7-11-3-5-12(8-15)6-4-11/h3-6,14-17H,2,7-10H2,1H3. The van der Waals surface area contributed by atoms with Gasteiger partial charge >= 0.3 is 0 Å². The zero-order valence-electron chi connectivity index (χ0n) is 10.2. The van der Waals surface area contributed by atoms with Crippen molar-refractivity contribution in [1.82, 2.24) is 5.32 Å². The average Bonchev–Trinajstić information content (AvgIpc) is 2.41. The molecule has 0 radical (unpaired) electrons. The van der Waals surface area contributed by atoms with Gasteiger partial charge < -0.3 is 20.6 Å². The highest BCUT2D eigenvalue weighted by Crippen LogP contribution is 2.11. The number of aliphatic hydroxyl groups is 3. The molecule has 1 rings (SSSR count). The Morgan fingerprint density at radius 3 is 1.94 bits per heavy atom. The maximum absolute atomic E-state index is 9.28. The predicted octanol–water partition coefficient (Wildman–Crippen LogP) is 0.402. The van der Waals surface area contributed by atoms with Crippen molar-refractivity contribution in [2.75, 3.05) is 13.2 Å². The summed E-state index contributed by atoms with van der Waals surface area (Å²) in [5.41, 5.74) is 1.32. The van der Waals surface area contributed by atoms with E-state index < -0.39 is 5.54 Å². The average molecular weight is 239 g/mol. The van der Waals surface area contributed by atoms with E-state index in [0.717, 1.165) is 11.1 Å². The van der Waals surface area contributed by atoms with Gasteiger partial charge in [-0.3, -0.25) is 0 Å². The Hall–Kier alpha value is -0.940. The van der Waals surface area contributed by atoms with Crippen molar-refractivity contribution >= 4 is 0 Å². The monoisotopic (exact) mass is 239 g/mol. The molecule has 1 aromatic carbocycles. The molecule has 0 aliphatic rings. The topological polar surface area (TPSA) is 72.7 Å². The molecular formula is C13H21NO3. The van der Waals surface area contributed by atoms with Gasteiger partial charge in [0.15, 0.2) is 0 Å². The van der Waals surface area contributed by atoms with Crippen LogP contribution in [0.15, 0.2) is 24.3 Å². The molecule has 0 unspecified atom stereocenters. The fourth-order valence-corrected chi connectivity index (χ4v) is 1.56. The molecule has 0 spiro atoms. The van der Waals surface area contributed by atoms with E-state index in [-0.39, 0.29) is 19.8 Å². The van der Waals surface area contributed by atoms with Gasteiger partial charge in [-0.1, -0.05) is 31.2 Å². The van der Waals surface area contributed by atoms with Gasteiger partial charge in [-0.25, -0.2) is 0 Å². The van der Waals surface area contributed by atoms with Gasteiger partial charge in [0.05, 0.1) is 25.4 Å². The highest BCUT2D eigenvalue weighted by molar-refractivity contribution is 5.22. The molecule has 0 saturated heterocycles. The first-order chi connectivity index (χ1) is 8.19. The van der Waals surface area contributed by atoms with E-state index in [1.165, 1.54) is 0 Å². The van der Waals surface area contributed by atoms with Gasteiger partial charge in [0.1, 0.15) is 0 Å². The Bertz CT molecular complexity index is 312. The number of aliphatic hydroxyl groups excluding tert-OH is 3. The minimum absolute atomic E-state index is 0.0416. The number of benzene rings is 1. The molecule has 0 saturated carbocycles. The Labute approximate surface area is 102 Å². The third-order valence-electron chi connectivity index (χ3n) is 3.16. The summed E-state index contributed by atoms with van der Waals surface area (Å²) in [5.74, 6) is 0. The Morgan fingerprint density at radius 2 is 1.53 bits per heavy atom. The maximum atomic E-state index is 9.28. The Morgan fingerprint density at radius 1 is 1.00 bits per heavy atom. The second kappa shape index (κ2) is 6.71. The third-order valence-corrected chi connectivity index (χ3v) is 3.16. The van der Waals surface area contributed by atoms with Crippen LogP contribution in [0, 0.1) is 0 Å². The van der Waals surface area contributed by atoms with E-state index in [1.807, 2.05) is 31.2 Å². The fraction of sp³-hybridized carbons (Fsp3) is 0.538. The molecule has 0 heterocycles. The largest absolute Gasteiger partial charge is 0.394 e. The van der Waals surface area contributed by atoms with Gasteiger partial charge in [0.2, 0.25) is 0 Å². The van der Waals surface area contributed by atoms with Gasteiger partial charge in [-0.2, -0.15) is 0 Å². The minimum atomic E-state index is -0.615. The fourth-order valence-electron chi connectivity index (χ4n) is 1.56. The molecule has 4 nitrogen and oxygen atoms in total. The first-order valence-electron chi connectivity index (χ1n) is 5.85. The Kier molecular flexibility index (Phi) is 5.58. The van der Waals surface area contributed by atoms with E-state index in [1.54, 1.807) is 0 Å². The molecule has 0 amide bonds. The lowest BCUT2D eigenvalue weighted by Crippen LogP contribution is -2.50. The van der Waals surface area contributed by atoms with Crippen molar-refractivity contribution in [3.8, 4) is 0 Å². The molecule has 0 fully saturated rings. The van der Waals surface area contributed by atoms with Crippen LogP contribution in [0.1, 0.15) is 24.5 Å². The summed E-state index contributed by atoms with van der Waals surface area (Å²) in [7, 11) is 0. The van der Waals surface area contributed by atoms with E-state index in [0.29, 0.717) is 13.0 Å². The van der Waals surface area contributed by atoms with Crippen LogP contribution in [0.2, 0.25) is 0 Å². The molecule has 96 valence electrons. The third kappa shape index (κ3) is 3.78. The van der Waals surface area contributed by atoms with Crippen LogP contribution >= 0.6 is 0 Å². The summed E-state index contributed by atoms with van der Waals surface area (Å²) >= 11 is 0. The Balaban J connectivity index is 2.59. The van der Waals surface area contributed by atoms with E-state index in [9.17, 15) is 10.2 Å². The van der Waals surface area contributed by atoms with Crippen LogP contribution in [0.25, 0.3) is 0 Å². The van der Waals surface area contributed by atoms with E-state index in [4.69, 9.17) is 5.11 Å². The van der Waals surface area contributed by atoms with Gasteiger partial charge in [-0.15, -0.1) is 0 Å². The van der Waals surface area contributed by atoms with Crippen molar-refractivity contribution in [2.24, 2.45) is 0 Å². The second-order valence-electron chi connectivity index (χ2n) is 4.28. The van der Waals surface area contributed by atoms with Crippen molar-refractivity contribution in [3.05, 3.63) is 35.4 Å². The number of nitrogens with one attached hydrogen (secondary N) is 1. The smallest absolute Gasteiger partial charge is 0.0681 e. The summed E-state index contributed by atoms with van der Waals surface area (Å²) in [4.78, 5) is 0. The highest BCUT2D eigenvalue weighted by Gasteiger charge is 2.25. The molecule has 0 aliphatic heterocycles. The van der Waals surface area contributed by atoms with E-state index in [2.05, 4.69) is 5.32 Å². The lowest BCUT2D eigenvalue weighted by Gasteiger charge is -2.29. The maximum Gasteiger partial charge on any atom is 0.0681 e. The minimum Gasteiger partial charge on any atom is -0.394 e. The van der Waals surface area contributed by atoms with Crippen molar-refractivity contribution < 1.29 is 15.3 Å². The van der Waals surface area contributed by atoms with Crippen LogP contribution in [0.5, 0.6) is 0 Å². The molecule has 4 heteroatoms. The van der Waals surface area contributed by atoms with E-state index >= 15 is 0 Å². The lowest BCUT2D eigenvalue weighted by molar-refractivity contribution is 0.0864. The zero-order chi connectivity index (χ0) is 12.7. The SMILES string of the molecule is CCC(CO)(CO)NCc1ccc(CO)cc1. The molecule has 4 N–H and O–H groups in total. The zero-order valence-corrected chi connectivity index (χ0v) is 10.2. The van der Waals surface area contributed by atoms with Gasteiger partial charge in [0.25, 0.3) is 0 Å². The van der Waals surface area contributed by atoms with Crippen molar-refractivity contribution in [3.63, 3.8) is 0 Å². The molecule has 0 bridgehead atoms. The molecule has 1 aromatic rings. The van der Waals surface area contributed by atoms with Crippen LogP contribution < -0.4 is 5.32 Å². The first-order valence-corrected chi connectivity index (χ1v) is 5.85. The molecule has 17 heavy (non-hydrogen) atoms. The molecular weight excluding hydrogens is 218 g/mol. The van der Waals surface area contributed by atoms with Gasteiger partial charge in [-0.05, 0) is 17.5 Å². The van der Waals surface area contributed by atoms with Crippen LogP contribution in [-0.2, 0) is 13.2 Å². The molecule has 0 aliphatic carbocycles. The quantitative estimate of drug-likeness (QED) is 0.556. The number of hydrogen-bond acceptors (Lipinski definition) is 4. The van der Waals surface area contributed by atoms with Gasteiger partial charge in [0, 0.05) is 6.54 Å². The van der Waals surface area contributed by atoms with Crippen LogP contribution in [0.4, 0.5) is 0 Å². The summed E-state index contributed by atoms with van der Waals surface area (Å²) in [6.45, 7) is 2.37. The number of hydrogen-bond donors (Lipinski definition) is 4. The first kappa shape index (κ1) is 14.1. The summed E-state index contributed by atoms with van der Waals surface area (Å²) in [6.07, 6.45) is 0.661. The normalized spacial score (nSPS) is 11.8. The van der Waals surface area contributed by atoms with Crippen molar-refractivity contribution in [2.45, 2.75) is 32.0 Å². The summed E-state index contributed by atoms with van der Waals surface area (Å²) in [5, 5.41) is 30.7. The van der Waals surface area contributed by atoms with Crippen LogP contribution in [-0.4, -0.2) is 34.1 Å². The molecule has 0 aromatic heterocycles. The summed E-state index contributed by atoms with van der Waals surface area (Å²) in [6, 6.07) is 7.58. The highest BCUT2D eigenvalue weighted by atomic mass is 16.3. The number of rotatable bonds is 7. The lowest BCUT2D eigenvalue weighted by atomic mass is 9.98. The molecule has 0 atom stereocenters. The van der Waals surface area contributed by atoms with Crippen LogP contribution in [0.3, 0.4) is 0 Å². The summed E-state index contributed by atoms with van der Waals surface area (Å²) < 4.78 is 0. The van der Waals surface area contributed by atoms with Crippen molar-refractivity contribution in [1.29, 1.82) is 0 Å². The second-order valence-corrected chi connectivity index (χ2v) is 4.28. The predicted molar refractivity (Wildman–Crippen MR) is 66.4 cm³/mol.